The Morgan fingerprint density at radius 2 is 1.96 bits per heavy atom. The number of carbonyl (C=O) groups excluding carboxylic acids is 1. The van der Waals surface area contributed by atoms with Gasteiger partial charge in [0.25, 0.3) is 0 Å². The van der Waals surface area contributed by atoms with Gasteiger partial charge in [0.2, 0.25) is 17.5 Å². The number of rotatable bonds is 10. The molecule has 5 nitrogen and oxygen atoms in total. The molecular formula is C20H25F2N3O2. The van der Waals surface area contributed by atoms with E-state index in [1.807, 2.05) is 0 Å². The van der Waals surface area contributed by atoms with Crippen molar-refractivity contribution in [3.63, 3.8) is 0 Å². The predicted molar refractivity (Wildman–Crippen MR) is 99.8 cm³/mol. The lowest BCUT2D eigenvalue weighted by atomic mass is 10.1. The summed E-state index contributed by atoms with van der Waals surface area (Å²) in [4.78, 5) is 14.8. The minimum Gasteiger partial charge on any atom is -0.433 e. The fourth-order valence-electron chi connectivity index (χ4n) is 2.46. The quantitative estimate of drug-likeness (QED) is 0.617. The fraction of sp³-hybridized carbons (Fsp3) is 0.400. The average molecular weight is 377 g/mol. The Morgan fingerprint density at radius 3 is 2.52 bits per heavy atom. The highest BCUT2D eigenvalue weighted by Gasteiger charge is 2.14. The van der Waals surface area contributed by atoms with Gasteiger partial charge in [0.1, 0.15) is 0 Å². The number of nitrogens with zero attached hydrogens (tertiary/aromatic N) is 1. The molecule has 0 aliphatic heterocycles. The van der Waals surface area contributed by atoms with Crippen LogP contribution in [0.2, 0.25) is 0 Å². The topological polar surface area (TPSA) is 77.2 Å². The number of hydrogen-bond acceptors (Lipinski definition) is 4. The van der Waals surface area contributed by atoms with Crippen LogP contribution in [0, 0.1) is 17.6 Å². The third-order valence-corrected chi connectivity index (χ3v) is 4.39. The summed E-state index contributed by atoms with van der Waals surface area (Å²) in [5.41, 5.74) is 5.84. The molecular weight excluding hydrogens is 352 g/mol. The zero-order valence-electron chi connectivity index (χ0n) is 15.6. The normalized spacial score (nSPS) is 12.0. The lowest BCUT2D eigenvalue weighted by molar-refractivity contribution is 0.1000. The molecule has 0 fully saturated rings. The molecule has 1 unspecified atom stereocenters. The molecule has 0 spiro atoms. The van der Waals surface area contributed by atoms with Crippen molar-refractivity contribution in [1.82, 2.24) is 10.3 Å². The maximum absolute atomic E-state index is 14.2. The number of pyridine rings is 1. The summed E-state index contributed by atoms with van der Waals surface area (Å²) >= 11 is 0. The molecule has 0 aliphatic rings. The molecule has 0 radical (unpaired) electrons. The van der Waals surface area contributed by atoms with Gasteiger partial charge in [-0.05, 0) is 55.6 Å². The van der Waals surface area contributed by atoms with Crippen LogP contribution in [0.25, 0.3) is 0 Å². The van der Waals surface area contributed by atoms with Crippen molar-refractivity contribution in [3.8, 4) is 11.6 Å². The standard InChI is InChI=1S/C20H25F2N3O2/c1-3-13(2)6-8-24-9-7-14-10-16(21)19(17(22)11-14)27-18-5-4-15(12-25-18)20(23)26/h4-5,10-13,24H,3,6-9H2,1-2H3,(H2,23,26). The van der Waals surface area contributed by atoms with Crippen molar-refractivity contribution < 1.29 is 18.3 Å². The number of ether oxygens (including phenoxy) is 1. The number of benzene rings is 1. The number of carbonyl (C=O) groups is 1. The van der Waals surface area contributed by atoms with Gasteiger partial charge in [0.05, 0.1) is 5.56 Å². The third kappa shape index (κ3) is 6.29. The van der Waals surface area contributed by atoms with Crippen LogP contribution in [-0.2, 0) is 6.42 Å². The zero-order valence-corrected chi connectivity index (χ0v) is 15.6. The summed E-state index contributed by atoms with van der Waals surface area (Å²) in [7, 11) is 0. The van der Waals surface area contributed by atoms with Crippen molar-refractivity contribution >= 4 is 5.91 Å². The van der Waals surface area contributed by atoms with Crippen molar-refractivity contribution in [3.05, 3.63) is 53.2 Å². The largest absolute Gasteiger partial charge is 0.433 e. The summed E-state index contributed by atoms with van der Waals surface area (Å²) in [6, 6.07) is 5.22. The maximum atomic E-state index is 14.2. The molecule has 1 amide bonds. The van der Waals surface area contributed by atoms with Crippen LogP contribution in [0.3, 0.4) is 0 Å². The van der Waals surface area contributed by atoms with Crippen molar-refractivity contribution in [2.24, 2.45) is 11.7 Å². The van der Waals surface area contributed by atoms with Crippen LogP contribution in [0.1, 0.15) is 42.6 Å². The molecule has 3 N–H and O–H groups in total. The number of halogens is 2. The first-order valence-corrected chi connectivity index (χ1v) is 9.03. The van der Waals surface area contributed by atoms with Gasteiger partial charge in [-0.25, -0.2) is 13.8 Å². The highest BCUT2D eigenvalue weighted by Crippen LogP contribution is 2.27. The Bertz CT molecular complexity index is 743. The minimum absolute atomic E-state index is 0.0303. The van der Waals surface area contributed by atoms with Gasteiger partial charge in [-0.1, -0.05) is 20.3 Å². The molecule has 7 heteroatoms. The Labute approximate surface area is 157 Å². The highest BCUT2D eigenvalue weighted by molar-refractivity contribution is 5.92. The molecule has 1 aromatic carbocycles. The van der Waals surface area contributed by atoms with Crippen LogP contribution in [0.4, 0.5) is 8.78 Å². The number of nitrogens with two attached hydrogens (primary N) is 1. The molecule has 1 heterocycles. The van der Waals surface area contributed by atoms with E-state index in [0.29, 0.717) is 24.4 Å². The van der Waals surface area contributed by atoms with Crippen molar-refractivity contribution in [1.29, 1.82) is 0 Å². The molecule has 0 aliphatic carbocycles. The molecule has 2 aromatic rings. The van der Waals surface area contributed by atoms with E-state index in [9.17, 15) is 13.6 Å². The van der Waals surface area contributed by atoms with E-state index in [-0.39, 0.29) is 11.4 Å². The molecule has 0 bridgehead atoms. The van der Waals surface area contributed by atoms with Gasteiger partial charge in [0.15, 0.2) is 11.6 Å². The van der Waals surface area contributed by atoms with Gasteiger partial charge in [0, 0.05) is 12.3 Å². The van der Waals surface area contributed by atoms with Crippen molar-refractivity contribution in [2.45, 2.75) is 33.1 Å². The second-order valence-electron chi connectivity index (χ2n) is 6.54. The van der Waals surface area contributed by atoms with E-state index in [0.717, 1.165) is 19.4 Å². The molecule has 27 heavy (non-hydrogen) atoms. The first-order chi connectivity index (χ1) is 12.9. The van der Waals surface area contributed by atoms with E-state index in [1.54, 1.807) is 0 Å². The van der Waals surface area contributed by atoms with E-state index in [4.69, 9.17) is 10.5 Å². The second-order valence-corrected chi connectivity index (χ2v) is 6.54. The summed E-state index contributed by atoms with van der Waals surface area (Å²) in [5.74, 6) is -2.14. The minimum atomic E-state index is -0.801. The van der Waals surface area contributed by atoms with E-state index >= 15 is 0 Å². The number of aromatic nitrogens is 1. The van der Waals surface area contributed by atoms with Crippen molar-refractivity contribution in [2.75, 3.05) is 13.1 Å². The molecule has 2 rings (SSSR count). The summed E-state index contributed by atoms with van der Waals surface area (Å²) in [6.07, 6.45) is 3.92. The highest BCUT2D eigenvalue weighted by atomic mass is 19.1. The number of nitrogens with one attached hydrogen (secondary N) is 1. The summed E-state index contributed by atoms with van der Waals surface area (Å²) in [5, 5.41) is 3.28. The van der Waals surface area contributed by atoms with Crippen LogP contribution < -0.4 is 15.8 Å². The number of amides is 1. The van der Waals surface area contributed by atoms with Crippen LogP contribution in [0.15, 0.2) is 30.5 Å². The van der Waals surface area contributed by atoms with Gasteiger partial charge in [-0.3, -0.25) is 4.79 Å². The van der Waals surface area contributed by atoms with Crippen LogP contribution in [0.5, 0.6) is 11.6 Å². The summed E-state index contributed by atoms with van der Waals surface area (Å²) < 4.78 is 33.7. The zero-order chi connectivity index (χ0) is 19.8. The third-order valence-electron chi connectivity index (χ3n) is 4.39. The maximum Gasteiger partial charge on any atom is 0.250 e. The Morgan fingerprint density at radius 1 is 1.26 bits per heavy atom. The summed E-state index contributed by atoms with van der Waals surface area (Å²) in [6.45, 7) is 5.88. The Kier molecular flexibility index (Phi) is 7.67. The fourth-order valence-corrected chi connectivity index (χ4v) is 2.46. The molecule has 0 saturated heterocycles. The predicted octanol–water partition coefficient (Wildman–Crippen LogP) is 3.82. The number of primary amides is 1. The Hall–Kier alpha value is -2.54. The van der Waals surface area contributed by atoms with Crippen LogP contribution in [-0.4, -0.2) is 24.0 Å². The second kappa shape index (κ2) is 9.97. The van der Waals surface area contributed by atoms with Gasteiger partial charge >= 0.3 is 0 Å². The number of hydrogen-bond donors (Lipinski definition) is 2. The van der Waals surface area contributed by atoms with Crippen LogP contribution >= 0.6 is 0 Å². The lowest BCUT2D eigenvalue weighted by Crippen LogP contribution is -2.20. The Balaban J connectivity index is 1.94. The molecule has 0 saturated carbocycles. The molecule has 1 atom stereocenters. The van der Waals surface area contributed by atoms with Gasteiger partial charge in [-0.15, -0.1) is 0 Å². The molecule has 146 valence electrons. The van der Waals surface area contributed by atoms with E-state index < -0.39 is 23.3 Å². The average Bonchev–Trinajstić information content (AvgIpc) is 2.64. The smallest absolute Gasteiger partial charge is 0.250 e. The van der Waals surface area contributed by atoms with Gasteiger partial charge in [-0.2, -0.15) is 0 Å². The monoisotopic (exact) mass is 377 g/mol. The lowest BCUT2D eigenvalue weighted by Gasteiger charge is -2.11. The SMILES string of the molecule is CCC(C)CCNCCc1cc(F)c(Oc2ccc(C(N)=O)cn2)c(F)c1. The molecule has 1 aromatic heterocycles. The first kappa shape index (κ1) is 20.8. The van der Waals surface area contributed by atoms with E-state index in [1.165, 1.54) is 30.5 Å². The first-order valence-electron chi connectivity index (χ1n) is 9.03. The van der Waals surface area contributed by atoms with E-state index in [2.05, 4.69) is 24.1 Å². The van der Waals surface area contributed by atoms with Gasteiger partial charge < -0.3 is 15.8 Å².